The van der Waals surface area contributed by atoms with Crippen LogP contribution in [0.3, 0.4) is 0 Å². The molecular formula is C29H32N4O4S. The Balaban J connectivity index is 1.26. The third-order valence-corrected chi connectivity index (χ3v) is 8.34. The molecule has 0 aliphatic carbocycles. The lowest BCUT2D eigenvalue weighted by molar-refractivity contribution is -0.142. The lowest BCUT2D eigenvalue weighted by atomic mass is 10.1. The zero-order valence-corrected chi connectivity index (χ0v) is 22.4. The second kappa shape index (κ2) is 11.0. The first-order chi connectivity index (χ1) is 18.4. The number of likely N-dealkylation sites (tertiary alicyclic amines) is 1. The van der Waals surface area contributed by atoms with Crippen LogP contribution in [0.25, 0.3) is 10.4 Å². The van der Waals surface area contributed by atoms with E-state index in [-0.39, 0.29) is 30.7 Å². The summed E-state index contributed by atoms with van der Waals surface area (Å²) in [6.45, 7) is 4.71. The second-order valence-electron chi connectivity index (χ2n) is 9.97. The zero-order valence-electron chi connectivity index (χ0n) is 21.6. The molecule has 0 radical (unpaired) electrons. The van der Waals surface area contributed by atoms with Crippen LogP contribution in [0.2, 0.25) is 0 Å². The number of β-amino-alcohol motifs (C(OH)–C–C–N with tert-alkyl or cyclic N) is 1. The first-order valence-corrected chi connectivity index (χ1v) is 13.9. The van der Waals surface area contributed by atoms with Gasteiger partial charge in [-0.05, 0) is 36.1 Å². The van der Waals surface area contributed by atoms with Crippen LogP contribution in [0.5, 0.6) is 0 Å². The van der Waals surface area contributed by atoms with Gasteiger partial charge in [-0.15, -0.1) is 11.3 Å². The van der Waals surface area contributed by atoms with E-state index in [0.717, 1.165) is 27.3 Å². The first kappa shape index (κ1) is 26.1. The van der Waals surface area contributed by atoms with Gasteiger partial charge in [0.05, 0.1) is 22.2 Å². The molecule has 9 heteroatoms. The van der Waals surface area contributed by atoms with Crippen LogP contribution < -0.4 is 5.32 Å². The van der Waals surface area contributed by atoms with E-state index in [1.807, 2.05) is 61.8 Å². The summed E-state index contributed by atoms with van der Waals surface area (Å²) in [6.07, 6.45) is 0.588. The number of aliphatic hydroxyl groups excluding tert-OH is 1. The van der Waals surface area contributed by atoms with Crippen molar-refractivity contribution in [2.75, 3.05) is 6.54 Å². The normalized spacial score (nSPS) is 19.5. The second-order valence-corrected chi connectivity index (χ2v) is 10.8. The zero-order chi connectivity index (χ0) is 26.8. The van der Waals surface area contributed by atoms with Crippen LogP contribution >= 0.6 is 11.3 Å². The van der Waals surface area contributed by atoms with Crippen molar-refractivity contribution in [2.45, 2.75) is 64.4 Å². The summed E-state index contributed by atoms with van der Waals surface area (Å²) in [4.78, 5) is 48.6. The van der Waals surface area contributed by atoms with Crippen molar-refractivity contribution in [3.8, 4) is 10.4 Å². The van der Waals surface area contributed by atoms with Gasteiger partial charge in [0.2, 0.25) is 11.8 Å². The summed E-state index contributed by atoms with van der Waals surface area (Å²) in [6, 6.07) is 13.9. The van der Waals surface area contributed by atoms with E-state index in [1.54, 1.807) is 22.3 Å². The number of nitrogens with zero attached hydrogens (tertiary/aromatic N) is 3. The monoisotopic (exact) mass is 532 g/mol. The fourth-order valence-corrected chi connectivity index (χ4v) is 6.18. The summed E-state index contributed by atoms with van der Waals surface area (Å²) in [7, 11) is 0. The number of rotatable bonds is 8. The van der Waals surface area contributed by atoms with Crippen molar-refractivity contribution in [1.29, 1.82) is 0 Å². The van der Waals surface area contributed by atoms with Gasteiger partial charge in [0, 0.05) is 31.6 Å². The molecule has 2 aromatic carbocycles. The molecule has 2 aliphatic rings. The largest absolute Gasteiger partial charge is 0.391 e. The predicted octanol–water partition coefficient (Wildman–Crippen LogP) is 3.52. The maximum Gasteiger partial charge on any atom is 0.255 e. The SMILES string of the molecule is CCCC(C(=O)N1CC(O)CC1C(=O)NCc1ccc(-c2scnc2C)cc1)N1Cc2ccccc2C1=O. The average Bonchev–Trinajstić information content (AvgIpc) is 3.63. The lowest BCUT2D eigenvalue weighted by Crippen LogP contribution is -2.53. The van der Waals surface area contributed by atoms with Gasteiger partial charge in [0.25, 0.3) is 5.91 Å². The lowest BCUT2D eigenvalue weighted by Gasteiger charge is -2.32. The van der Waals surface area contributed by atoms with Crippen LogP contribution in [0.15, 0.2) is 54.0 Å². The number of benzene rings is 2. The highest BCUT2D eigenvalue weighted by atomic mass is 32.1. The predicted molar refractivity (Wildman–Crippen MR) is 145 cm³/mol. The molecule has 1 aromatic heterocycles. The Hall–Kier alpha value is -3.56. The minimum absolute atomic E-state index is 0.0784. The number of aryl methyl sites for hydroxylation is 1. The van der Waals surface area contributed by atoms with Crippen molar-refractivity contribution >= 4 is 29.1 Å². The molecule has 0 spiro atoms. The summed E-state index contributed by atoms with van der Waals surface area (Å²) in [5.74, 6) is -0.748. The van der Waals surface area contributed by atoms with Crippen molar-refractivity contribution in [3.05, 3.63) is 76.4 Å². The molecule has 8 nitrogen and oxygen atoms in total. The molecule has 5 rings (SSSR count). The smallest absolute Gasteiger partial charge is 0.255 e. The van der Waals surface area contributed by atoms with Crippen LogP contribution in [0.1, 0.15) is 53.4 Å². The van der Waals surface area contributed by atoms with Gasteiger partial charge < -0.3 is 20.2 Å². The summed E-state index contributed by atoms with van der Waals surface area (Å²) < 4.78 is 0. The number of fused-ring (bicyclic) bond motifs is 1. The maximum absolute atomic E-state index is 13.8. The summed E-state index contributed by atoms with van der Waals surface area (Å²) >= 11 is 1.59. The molecule has 3 amide bonds. The fourth-order valence-electron chi connectivity index (χ4n) is 5.37. The Kier molecular flexibility index (Phi) is 7.58. The highest BCUT2D eigenvalue weighted by Gasteiger charge is 2.44. The number of aliphatic hydroxyl groups is 1. The minimum atomic E-state index is -0.787. The number of aromatic nitrogens is 1. The van der Waals surface area contributed by atoms with Crippen molar-refractivity contribution < 1.29 is 19.5 Å². The van der Waals surface area contributed by atoms with Gasteiger partial charge in [0.15, 0.2) is 0 Å². The van der Waals surface area contributed by atoms with Crippen LogP contribution in [0, 0.1) is 6.92 Å². The van der Waals surface area contributed by atoms with E-state index < -0.39 is 18.2 Å². The van der Waals surface area contributed by atoms with Gasteiger partial charge in [-0.3, -0.25) is 14.4 Å². The van der Waals surface area contributed by atoms with E-state index in [4.69, 9.17) is 0 Å². The molecule has 0 saturated carbocycles. The molecule has 1 fully saturated rings. The highest BCUT2D eigenvalue weighted by Crippen LogP contribution is 2.30. The molecule has 3 unspecified atom stereocenters. The van der Waals surface area contributed by atoms with Gasteiger partial charge in [-0.2, -0.15) is 0 Å². The Morgan fingerprint density at radius 3 is 2.63 bits per heavy atom. The van der Waals surface area contributed by atoms with E-state index >= 15 is 0 Å². The molecule has 3 atom stereocenters. The maximum atomic E-state index is 13.8. The molecule has 198 valence electrons. The van der Waals surface area contributed by atoms with Gasteiger partial charge >= 0.3 is 0 Å². The number of carbonyl (C=O) groups excluding carboxylic acids is 3. The highest BCUT2D eigenvalue weighted by molar-refractivity contribution is 7.13. The fraction of sp³-hybridized carbons (Fsp3) is 0.379. The molecule has 3 aromatic rings. The Morgan fingerprint density at radius 2 is 1.95 bits per heavy atom. The molecule has 1 saturated heterocycles. The standard InChI is InChI=1S/C29H32N4O4S/c1-3-6-24(32-15-21-7-4-5-8-23(21)28(32)36)29(37)33-16-22(34)13-25(33)27(35)30-14-19-9-11-20(12-10-19)26-18(2)31-17-38-26/h4-5,7-12,17,22,24-25,34H,3,6,13-16H2,1-2H3,(H,30,35). The Bertz CT molecular complexity index is 1340. The Labute approximate surface area is 226 Å². The molecule has 3 heterocycles. The van der Waals surface area contributed by atoms with Crippen LogP contribution in [-0.4, -0.2) is 62.3 Å². The number of amides is 3. The number of hydrogen-bond acceptors (Lipinski definition) is 6. The molecule has 38 heavy (non-hydrogen) atoms. The van der Waals surface area contributed by atoms with Crippen molar-refractivity contribution in [1.82, 2.24) is 20.1 Å². The topological polar surface area (TPSA) is 103 Å². The van der Waals surface area contributed by atoms with Crippen molar-refractivity contribution in [2.24, 2.45) is 0 Å². The van der Waals surface area contributed by atoms with E-state index in [9.17, 15) is 19.5 Å². The third-order valence-electron chi connectivity index (χ3n) is 7.37. The van der Waals surface area contributed by atoms with E-state index in [0.29, 0.717) is 31.5 Å². The Morgan fingerprint density at radius 1 is 1.18 bits per heavy atom. The molecule has 2 aliphatic heterocycles. The summed E-state index contributed by atoms with van der Waals surface area (Å²) in [5.41, 5.74) is 6.35. The quantitative estimate of drug-likeness (QED) is 0.462. The third kappa shape index (κ3) is 5.08. The number of nitrogens with one attached hydrogen (secondary N) is 1. The molecule has 2 N–H and O–H groups in total. The number of carbonyl (C=O) groups is 3. The average molecular weight is 533 g/mol. The first-order valence-electron chi connectivity index (χ1n) is 13.0. The van der Waals surface area contributed by atoms with Crippen LogP contribution in [0.4, 0.5) is 0 Å². The van der Waals surface area contributed by atoms with Crippen molar-refractivity contribution in [3.63, 3.8) is 0 Å². The minimum Gasteiger partial charge on any atom is -0.391 e. The van der Waals surface area contributed by atoms with Gasteiger partial charge in [-0.25, -0.2) is 4.98 Å². The molecular weight excluding hydrogens is 500 g/mol. The summed E-state index contributed by atoms with van der Waals surface area (Å²) in [5, 5.41) is 13.3. The van der Waals surface area contributed by atoms with E-state index in [1.165, 1.54) is 4.90 Å². The van der Waals surface area contributed by atoms with Crippen LogP contribution in [-0.2, 0) is 22.7 Å². The number of hydrogen-bond donors (Lipinski definition) is 2. The molecule has 0 bridgehead atoms. The number of thiazole rings is 1. The van der Waals surface area contributed by atoms with E-state index in [2.05, 4.69) is 10.3 Å². The van der Waals surface area contributed by atoms with Gasteiger partial charge in [0.1, 0.15) is 12.1 Å². The van der Waals surface area contributed by atoms with Gasteiger partial charge in [-0.1, -0.05) is 55.8 Å².